The molecule has 0 aromatic heterocycles. The minimum Gasteiger partial charge on any atom is -0.502 e. The van der Waals surface area contributed by atoms with Crippen LogP contribution in [0.4, 0.5) is 32.0 Å². The molecule has 0 radical (unpaired) electrons. The van der Waals surface area contributed by atoms with Crippen LogP contribution < -0.4 is 14.4 Å². The number of carbonyl (C=O) groups is 4. The number of imide groups is 1. The number of anilines is 1. The molecule has 6 rings (SSSR count). The summed E-state index contributed by atoms with van der Waals surface area (Å²) < 4.78 is 93.1. The van der Waals surface area contributed by atoms with Crippen molar-refractivity contribution in [2.45, 2.75) is 51.9 Å². The van der Waals surface area contributed by atoms with E-state index < -0.39 is 76.0 Å². The van der Waals surface area contributed by atoms with Crippen LogP contribution >= 0.6 is 0 Å². The molecule has 2 aromatic carbocycles. The van der Waals surface area contributed by atoms with Crippen LogP contribution in [0.25, 0.3) is 0 Å². The van der Waals surface area contributed by atoms with Crippen LogP contribution in [0.2, 0.25) is 0 Å². The maximum Gasteiger partial charge on any atom is 0.416 e. The molecule has 0 spiro atoms. The summed E-state index contributed by atoms with van der Waals surface area (Å²) >= 11 is 0. The summed E-state index contributed by atoms with van der Waals surface area (Å²) in [6.07, 6.45) is -8.95. The van der Waals surface area contributed by atoms with Gasteiger partial charge in [0.05, 0.1) is 48.3 Å². The van der Waals surface area contributed by atoms with Crippen LogP contribution in [-0.4, -0.2) is 42.7 Å². The number of phenolic OH excluding ortho intramolecular Hbond substituents is 1. The van der Waals surface area contributed by atoms with E-state index in [1.54, 1.807) is 19.9 Å². The lowest BCUT2D eigenvalue weighted by atomic mass is 9.46. The highest BCUT2D eigenvalue weighted by atomic mass is 19.4. The quantitative estimate of drug-likeness (QED) is 0.214. The van der Waals surface area contributed by atoms with Gasteiger partial charge in [0.15, 0.2) is 23.1 Å². The molecule has 6 atom stereocenters. The number of halogens is 6. The number of methoxy groups -OCH3 is 2. The van der Waals surface area contributed by atoms with Crippen molar-refractivity contribution in [1.82, 2.24) is 0 Å². The number of hydrogen-bond donors (Lipinski definition) is 1. The topological polar surface area (TPSA) is 110 Å². The number of rotatable bonds is 4. The van der Waals surface area contributed by atoms with Crippen molar-refractivity contribution in [1.29, 1.82) is 0 Å². The first-order valence-corrected chi connectivity index (χ1v) is 15.4. The molecule has 0 bridgehead atoms. The Morgan fingerprint density at radius 2 is 1.37 bits per heavy atom. The van der Waals surface area contributed by atoms with Crippen molar-refractivity contribution in [2.75, 3.05) is 19.1 Å². The summed E-state index contributed by atoms with van der Waals surface area (Å²) in [5.74, 6) is -8.23. The molecule has 14 heteroatoms. The largest absolute Gasteiger partial charge is 0.502 e. The first kappa shape index (κ1) is 34.3. The lowest BCUT2D eigenvalue weighted by molar-refractivity contribution is -0.143. The van der Waals surface area contributed by atoms with Crippen molar-refractivity contribution < 1.29 is 60.1 Å². The molecule has 1 heterocycles. The second-order valence-corrected chi connectivity index (χ2v) is 13.2. The van der Waals surface area contributed by atoms with Crippen LogP contribution in [0.5, 0.6) is 17.2 Å². The first-order valence-electron chi connectivity index (χ1n) is 15.4. The third-order valence-corrected chi connectivity index (χ3v) is 10.8. The number of ketones is 2. The second kappa shape index (κ2) is 11.2. The molecular formula is C35H31F6NO7. The fraction of sp³-hybridized carbons (Fsp3) is 0.429. The van der Waals surface area contributed by atoms with Gasteiger partial charge in [-0.1, -0.05) is 18.6 Å². The summed E-state index contributed by atoms with van der Waals surface area (Å²) in [7, 11) is 2.61. The lowest BCUT2D eigenvalue weighted by Crippen LogP contribution is -2.55. The average molecular weight is 692 g/mol. The van der Waals surface area contributed by atoms with Gasteiger partial charge in [0, 0.05) is 11.8 Å². The summed E-state index contributed by atoms with van der Waals surface area (Å²) in [6.45, 7) is 4.71. The number of Topliss-reactive ketones (excluding diaryl/α,β-unsaturated/α-hetero) is 2. The summed E-state index contributed by atoms with van der Waals surface area (Å²) in [5, 5.41) is 10.7. The molecule has 2 amide bonds. The zero-order valence-corrected chi connectivity index (χ0v) is 26.9. The van der Waals surface area contributed by atoms with Crippen molar-refractivity contribution in [3.63, 3.8) is 0 Å². The molecule has 1 aliphatic heterocycles. The number of ether oxygens (including phenoxy) is 2. The minimum atomic E-state index is -5.21. The Kier molecular flexibility index (Phi) is 7.83. The van der Waals surface area contributed by atoms with E-state index in [-0.39, 0.29) is 58.9 Å². The van der Waals surface area contributed by atoms with Gasteiger partial charge in [-0.05, 0) is 79.6 Å². The molecule has 2 fully saturated rings. The molecule has 8 nitrogen and oxygen atoms in total. The summed E-state index contributed by atoms with van der Waals surface area (Å²) in [5.41, 5.74) is -4.27. The zero-order chi connectivity index (χ0) is 36.1. The fourth-order valence-electron chi connectivity index (χ4n) is 8.36. The second-order valence-electron chi connectivity index (χ2n) is 13.2. The van der Waals surface area contributed by atoms with Gasteiger partial charge in [-0.15, -0.1) is 0 Å². The van der Waals surface area contributed by atoms with Crippen molar-refractivity contribution in [3.05, 3.63) is 69.8 Å². The molecule has 1 saturated carbocycles. The predicted octanol–water partition coefficient (Wildman–Crippen LogP) is 6.80. The maximum atomic E-state index is 14.2. The highest BCUT2D eigenvalue weighted by Crippen LogP contribution is 2.64. The zero-order valence-electron chi connectivity index (χ0n) is 26.9. The number of nitrogens with zero attached hydrogens (tertiary/aromatic N) is 1. The van der Waals surface area contributed by atoms with Gasteiger partial charge in [0.2, 0.25) is 17.6 Å². The molecule has 3 aliphatic carbocycles. The average Bonchev–Trinajstić information content (AvgIpc) is 3.30. The number of alkyl halides is 6. The smallest absolute Gasteiger partial charge is 0.416 e. The molecule has 0 unspecified atom stereocenters. The van der Waals surface area contributed by atoms with Crippen LogP contribution in [0, 0.1) is 29.1 Å². The number of aromatic hydroxyl groups is 1. The molecule has 4 aliphatic rings. The number of allylic oxidation sites excluding steroid dienone is 4. The highest BCUT2D eigenvalue weighted by molar-refractivity contribution is 6.23. The Balaban J connectivity index is 1.53. The number of carbonyl (C=O) groups excluding carboxylic acids is 4. The van der Waals surface area contributed by atoms with Crippen molar-refractivity contribution in [2.24, 2.45) is 29.1 Å². The molecule has 1 saturated heterocycles. The van der Waals surface area contributed by atoms with Crippen molar-refractivity contribution >= 4 is 29.1 Å². The number of hydrogen-bond acceptors (Lipinski definition) is 7. The Morgan fingerprint density at radius 1 is 0.816 bits per heavy atom. The van der Waals surface area contributed by atoms with E-state index in [0.717, 1.165) is 0 Å². The maximum absolute atomic E-state index is 14.2. The van der Waals surface area contributed by atoms with Crippen molar-refractivity contribution in [3.8, 4) is 17.2 Å². The SMILES string of the molecule is COc1cc([C@H]2C3=CC[C@@H]4C(=O)N(c5cc(C(F)(F)F)cc(C(F)(F)F)c5)C(=O)[C@@H]4[C@@H]3C[C@H]3C(=O)C(C)=C(C)C(=O)[C@@]23C)cc(OC)c1O. The number of fused-ring (bicyclic) bond motifs is 4. The van der Waals surface area contributed by atoms with Gasteiger partial charge in [-0.25, -0.2) is 4.90 Å². The van der Waals surface area contributed by atoms with E-state index in [9.17, 15) is 50.6 Å². The van der Waals surface area contributed by atoms with Gasteiger partial charge in [-0.3, -0.25) is 19.2 Å². The monoisotopic (exact) mass is 691 g/mol. The molecular weight excluding hydrogens is 660 g/mol. The Morgan fingerprint density at radius 3 is 1.88 bits per heavy atom. The van der Waals surface area contributed by atoms with E-state index in [4.69, 9.17) is 9.47 Å². The molecule has 1 N–H and O–H groups in total. The summed E-state index contributed by atoms with van der Waals surface area (Å²) in [6, 6.07) is 3.55. The van der Waals surface area contributed by atoms with E-state index in [0.29, 0.717) is 28.2 Å². The van der Waals surface area contributed by atoms with Crippen LogP contribution in [0.1, 0.15) is 56.2 Å². The van der Waals surface area contributed by atoms with E-state index in [1.165, 1.54) is 33.3 Å². The molecule has 2 aromatic rings. The summed E-state index contributed by atoms with van der Waals surface area (Å²) in [4.78, 5) is 56.5. The first-order chi connectivity index (χ1) is 22.8. The van der Waals surface area contributed by atoms with Gasteiger partial charge < -0.3 is 14.6 Å². The van der Waals surface area contributed by atoms with Crippen LogP contribution in [0.3, 0.4) is 0 Å². The Labute approximate surface area is 276 Å². The van der Waals surface area contributed by atoms with E-state index in [2.05, 4.69) is 0 Å². The molecule has 49 heavy (non-hydrogen) atoms. The predicted molar refractivity (Wildman–Crippen MR) is 161 cm³/mol. The lowest BCUT2D eigenvalue weighted by Gasteiger charge is -2.54. The van der Waals surface area contributed by atoms with E-state index in [1.807, 2.05) is 0 Å². The third-order valence-electron chi connectivity index (χ3n) is 10.8. The van der Waals surface area contributed by atoms with Crippen LogP contribution in [-0.2, 0) is 31.5 Å². The van der Waals surface area contributed by atoms with Gasteiger partial charge in [0.1, 0.15) is 0 Å². The number of amides is 2. The van der Waals surface area contributed by atoms with E-state index >= 15 is 0 Å². The fourth-order valence-corrected chi connectivity index (χ4v) is 8.36. The van der Waals surface area contributed by atoms with Gasteiger partial charge in [0.25, 0.3) is 0 Å². The Hall–Kier alpha value is -4.62. The standard InChI is InChI=1S/C35H31F6NO7/c1-14-15(2)30(45)33(3)23(28(14)43)13-22-20(27(33)16-8-24(48-4)29(44)25(9-16)49-5)6-7-21-26(22)32(47)42(31(21)46)19-11-17(34(36,37)38)10-18(12-19)35(39,40)41/h6,8-12,21-23,26-27,44H,7,13H2,1-5H3/t21-,22+,23-,26-,27-,33+/m0/s1. The van der Waals surface area contributed by atoms with Gasteiger partial charge in [-0.2, -0.15) is 26.3 Å². The van der Waals surface area contributed by atoms with Gasteiger partial charge >= 0.3 is 12.4 Å². The number of benzene rings is 2. The van der Waals surface area contributed by atoms with Crippen LogP contribution in [0.15, 0.2) is 53.1 Å². The Bertz CT molecular complexity index is 1840. The highest BCUT2D eigenvalue weighted by Gasteiger charge is 2.64. The minimum absolute atomic E-state index is 0.00718. The number of phenols is 1. The molecule has 260 valence electrons. The normalized spacial score (nSPS) is 28.7. The third kappa shape index (κ3) is 4.96.